The van der Waals surface area contributed by atoms with E-state index in [-0.39, 0.29) is 0 Å². The van der Waals surface area contributed by atoms with Crippen molar-refractivity contribution in [2.45, 2.75) is 6.42 Å². The van der Waals surface area contributed by atoms with Gasteiger partial charge in [-0.2, -0.15) is 0 Å². The van der Waals surface area contributed by atoms with Crippen LogP contribution in [0.15, 0.2) is 158 Å². The zero-order valence-corrected chi connectivity index (χ0v) is 25.6. The summed E-state index contributed by atoms with van der Waals surface area (Å²) in [5.74, 6) is 0. The Morgan fingerprint density at radius 1 is 0.638 bits per heavy atom. The predicted molar refractivity (Wildman–Crippen MR) is 197 cm³/mol. The maximum atomic E-state index is 6.21. The van der Waals surface area contributed by atoms with Gasteiger partial charge in [0.05, 0.1) is 17.2 Å². The molecule has 3 aromatic heterocycles. The molecule has 0 aliphatic heterocycles. The molecule has 9 aromatic rings. The van der Waals surface area contributed by atoms with E-state index >= 15 is 0 Å². The third-order valence-corrected chi connectivity index (χ3v) is 9.38. The summed E-state index contributed by atoms with van der Waals surface area (Å²) in [6.07, 6.45) is 12.5. The highest BCUT2D eigenvalue weighted by molar-refractivity contribution is 6.24. The summed E-state index contributed by atoms with van der Waals surface area (Å²) in [4.78, 5) is 9.26. The largest absolute Gasteiger partial charge is 0.404 e. The molecule has 6 aromatic carbocycles. The lowest BCUT2D eigenvalue weighted by atomic mass is 9.90. The van der Waals surface area contributed by atoms with Gasteiger partial charge in [0, 0.05) is 52.7 Å². The van der Waals surface area contributed by atoms with Crippen molar-refractivity contribution in [1.82, 2.24) is 14.5 Å². The summed E-state index contributed by atoms with van der Waals surface area (Å²) in [6, 6.07) is 43.2. The van der Waals surface area contributed by atoms with Gasteiger partial charge in [-0.25, -0.2) is 0 Å². The summed E-state index contributed by atoms with van der Waals surface area (Å²) in [5, 5.41) is 10.0. The zero-order valence-electron chi connectivity index (χ0n) is 25.6. The summed E-state index contributed by atoms with van der Waals surface area (Å²) in [5.41, 5.74) is 14.9. The van der Waals surface area contributed by atoms with Crippen LogP contribution in [-0.2, 0) is 6.42 Å². The van der Waals surface area contributed by atoms with Gasteiger partial charge in [-0.15, -0.1) is 0 Å². The number of rotatable bonds is 6. The SMILES string of the molecule is N/C=C(\C=C/Cc1ccc(-c2cccc(-n3c4ccccc4c4ccncc43)c2)cn1)c1ccc2ccc3cccc4ccc1c2c34. The van der Waals surface area contributed by atoms with E-state index < -0.39 is 0 Å². The van der Waals surface area contributed by atoms with Crippen LogP contribution in [0.2, 0.25) is 0 Å². The molecule has 2 N–H and O–H groups in total. The molecule has 0 aliphatic carbocycles. The minimum atomic E-state index is 0.706. The van der Waals surface area contributed by atoms with Crippen molar-refractivity contribution in [1.29, 1.82) is 0 Å². The molecule has 0 saturated heterocycles. The number of para-hydroxylation sites is 1. The van der Waals surface area contributed by atoms with Gasteiger partial charge < -0.3 is 10.3 Å². The normalized spacial score (nSPS) is 12.5. The second kappa shape index (κ2) is 11.0. The molecule has 0 radical (unpaired) electrons. The van der Waals surface area contributed by atoms with Crippen LogP contribution in [0.5, 0.6) is 0 Å². The van der Waals surface area contributed by atoms with E-state index in [1.165, 1.54) is 48.6 Å². The number of nitrogens with two attached hydrogens (primary N) is 1. The number of hydrogen-bond donors (Lipinski definition) is 1. The molecule has 0 bridgehead atoms. The van der Waals surface area contributed by atoms with Crippen molar-refractivity contribution >= 4 is 59.7 Å². The number of fused-ring (bicyclic) bond motifs is 3. The van der Waals surface area contributed by atoms with Gasteiger partial charge in [0.25, 0.3) is 0 Å². The summed E-state index contributed by atoms with van der Waals surface area (Å²) in [7, 11) is 0. The molecule has 9 rings (SSSR count). The zero-order chi connectivity index (χ0) is 31.3. The molecule has 0 fully saturated rings. The van der Waals surface area contributed by atoms with Gasteiger partial charge in [0.2, 0.25) is 0 Å². The monoisotopic (exact) mass is 602 g/mol. The predicted octanol–water partition coefficient (Wildman–Crippen LogP) is 10.2. The van der Waals surface area contributed by atoms with Gasteiger partial charge in [-0.3, -0.25) is 9.97 Å². The highest BCUT2D eigenvalue weighted by atomic mass is 15.0. The van der Waals surface area contributed by atoms with E-state index in [0.717, 1.165) is 39.2 Å². The van der Waals surface area contributed by atoms with Crippen LogP contribution in [0.1, 0.15) is 11.3 Å². The van der Waals surface area contributed by atoms with Crippen molar-refractivity contribution in [2.75, 3.05) is 0 Å². The Morgan fingerprint density at radius 2 is 1.43 bits per heavy atom. The molecule has 222 valence electrons. The lowest BCUT2D eigenvalue weighted by molar-refractivity contribution is 1.11. The Balaban J connectivity index is 0.988. The Labute approximate surface area is 272 Å². The Hall–Kier alpha value is -6.26. The van der Waals surface area contributed by atoms with Crippen LogP contribution in [-0.4, -0.2) is 14.5 Å². The number of hydrogen-bond acceptors (Lipinski definition) is 3. The van der Waals surface area contributed by atoms with E-state index in [2.05, 4.69) is 143 Å². The molecular weight excluding hydrogens is 573 g/mol. The highest BCUT2D eigenvalue weighted by Crippen LogP contribution is 2.38. The molecule has 0 unspecified atom stereocenters. The van der Waals surface area contributed by atoms with Gasteiger partial charge >= 0.3 is 0 Å². The first-order chi connectivity index (χ1) is 23.3. The van der Waals surface area contributed by atoms with E-state index in [9.17, 15) is 0 Å². The fraction of sp³-hybridized carbons (Fsp3) is 0.0233. The van der Waals surface area contributed by atoms with E-state index in [0.29, 0.717) is 6.42 Å². The topological polar surface area (TPSA) is 56.7 Å². The van der Waals surface area contributed by atoms with Crippen LogP contribution < -0.4 is 5.73 Å². The lowest BCUT2D eigenvalue weighted by Crippen LogP contribution is -1.95. The molecule has 4 nitrogen and oxygen atoms in total. The molecular formula is C43H30N4. The summed E-state index contributed by atoms with van der Waals surface area (Å²) < 4.78 is 2.29. The number of benzene rings is 6. The van der Waals surface area contributed by atoms with Gasteiger partial charge in [0.15, 0.2) is 0 Å². The molecule has 3 heterocycles. The van der Waals surface area contributed by atoms with Crippen molar-refractivity contribution in [2.24, 2.45) is 5.73 Å². The van der Waals surface area contributed by atoms with Gasteiger partial charge in [-0.05, 0) is 79.3 Å². The molecule has 0 atom stereocenters. The maximum Gasteiger partial charge on any atom is 0.0724 e. The van der Waals surface area contributed by atoms with E-state index in [4.69, 9.17) is 10.7 Å². The quantitative estimate of drug-likeness (QED) is 0.152. The number of aromatic nitrogens is 3. The van der Waals surface area contributed by atoms with Gasteiger partial charge in [0.1, 0.15) is 0 Å². The molecule has 0 aliphatic rings. The third-order valence-electron chi connectivity index (χ3n) is 9.38. The fourth-order valence-corrected chi connectivity index (χ4v) is 7.17. The van der Waals surface area contributed by atoms with Crippen LogP contribution in [0.3, 0.4) is 0 Å². The van der Waals surface area contributed by atoms with Crippen LogP contribution in [0.25, 0.3) is 76.5 Å². The van der Waals surface area contributed by atoms with Gasteiger partial charge in [-0.1, -0.05) is 103 Å². The highest BCUT2D eigenvalue weighted by Gasteiger charge is 2.14. The fourth-order valence-electron chi connectivity index (χ4n) is 7.17. The molecule has 0 saturated carbocycles. The van der Waals surface area contributed by atoms with E-state index in [1.54, 1.807) is 6.20 Å². The number of nitrogens with zero attached hydrogens (tertiary/aromatic N) is 3. The van der Waals surface area contributed by atoms with Crippen molar-refractivity contribution < 1.29 is 0 Å². The average molecular weight is 603 g/mol. The number of allylic oxidation sites excluding steroid dienone is 3. The van der Waals surface area contributed by atoms with Crippen molar-refractivity contribution in [3.05, 3.63) is 170 Å². The van der Waals surface area contributed by atoms with Crippen LogP contribution in [0.4, 0.5) is 0 Å². The molecule has 0 spiro atoms. The molecule has 0 amide bonds. The first-order valence-corrected chi connectivity index (χ1v) is 15.9. The Bertz CT molecular complexity index is 2590. The first kappa shape index (κ1) is 27.1. The third kappa shape index (κ3) is 4.45. The van der Waals surface area contributed by atoms with Crippen molar-refractivity contribution in [3.63, 3.8) is 0 Å². The second-order valence-corrected chi connectivity index (χ2v) is 12.0. The Kier molecular flexibility index (Phi) is 6.32. The summed E-state index contributed by atoms with van der Waals surface area (Å²) >= 11 is 0. The Morgan fingerprint density at radius 3 is 2.28 bits per heavy atom. The number of pyridine rings is 2. The standard InChI is InChI=1S/C43H30N4/c44-25-32(36-20-17-30-15-14-28-6-3-7-29-18-21-39(36)43(30)42(28)29)9-4-10-34-19-16-33(26-46-34)31-8-5-11-35(24-31)47-40-13-2-1-12-37(40)38-22-23-45-27-41(38)47/h1-9,11-27H,10,44H2/b9-4-,32-25+. The maximum absolute atomic E-state index is 6.21. The minimum Gasteiger partial charge on any atom is -0.404 e. The van der Waals surface area contributed by atoms with Crippen LogP contribution in [0, 0.1) is 0 Å². The van der Waals surface area contributed by atoms with Crippen molar-refractivity contribution in [3.8, 4) is 16.8 Å². The van der Waals surface area contributed by atoms with E-state index in [1.807, 2.05) is 18.6 Å². The average Bonchev–Trinajstić information content (AvgIpc) is 3.47. The van der Waals surface area contributed by atoms with Crippen LogP contribution >= 0.6 is 0 Å². The second-order valence-electron chi connectivity index (χ2n) is 12.0. The minimum absolute atomic E-state index is 0.706. The first-order valence-electron chi connectivity index (χ1n) is 15.9. The molecule has 4 heteroatoms. The summed E-state index contributed by atoms with van der Waals surface area (Å²) in [6.45, 7) is 0. The lowest BCUT2D eigenvalue weighted by Gasteiger charge is -2.14. The molecule has 47 heavy (non-hydrogen) atoms. The smallest absolute Gasteiger partial charge is 0.0724 e.